The van der Waals surface area contributed by atoms with E-state index < -0.39 is 0 Å². The van der Waals surface area contributed by atoms with Gasteiger partial charge in [-0.25, -0.2) is 0 Å². The fourth-order valence-corrected chi connectivity index (χ4v) is 3.14. The fraction of sp³-hybridized carbons (Fsp3) is 0.294. The first kappa shape index (κ1) is 15.0. The fourth-order valence-electron chi connectivity index (χ4n) is 2.96. The summed E-state index contributed by atoms with van der Waals surface area (Å²) >= 11 is 6.14. The Morgan fingerprint density at radius 3 is 2.55 bits per heavy atom. The van der Waals surface area contributed by atoms with Crippen LogP contribution in [0.15, 0.2) is 30.3 Å². The van der Waals surface area contributed by atoms with Crippen LogP contribution in [0.4, 0.5) is 5.69 Å². The van der Waals surface area contributed by atoms with Crippen molar-refractivity contribution in [2.24, 2.45) is 0 Å². The standard InChI is InChI=1S/C17H19ClN2O2/c1-21-15-7-10-5-6-20-17(12(10)9-16(15)22-2)13-8-11(18)3-4-14(13)19/h3-4,7-9,17,20H,5-6,19H2,1-2H3/t17-/m1/s1. The number of ether oxygens (including phenoxy) is 2. The van der Waals surface area contributed by atoms with Gasteiger partial charge in [0.1, 0.15) is 0 Å². The third kappa shape index (κ3) is 2.60. The molecule has 0 aliphatic carbocycles. The molecule has 0 radical (unpaired) electrons. The maximum absolute atomic E-state index is 6.15. The van der Waals surface area contributed by atoms with Crippen molar-refractivity contribution in [1.82, 2.24) is 5.32 Å². The van der Waals surface area contributed by atoms with Crippen molar-refractivity contribution < 1.29 is 9.47 Å². The number of nitrogens with one attached hydrogen (secondary N) is 1. The van der Waals surface area contributed by atoms with Gasteiger partial charge in [0.2, 0.25) is 0 Å². The van der Waals surface area contributed by atoms with E-state index in [-0.39, 0.29) is 6.04 Å². The van der Waals surface area contributed by atoms with Gasteiger partial charge >= 0.3 is 0 Å². The number of nitrogens with two attached hydrogens (primary N) is 1. The van der Waals surface area contributed by atoms with Gasteiger partial charge in [-0.3, -0.25) is 0 Å². The highest BCUT2D eigenvalue weighted by Crippen LogP contribution is 2.39. The molecule has 22 heavy (non-hydrogen) atoms. The maximum Gasteiger partial charge on any atom is 0.161 e. The average Bonchev–Trinajstić information content (AvgIpc) is 2.55. The summed E-state index contributed by atoms with van der Waals surface area (Å²) in [5.41, 5.74) is 10.3. The molecule has 1 aliphatic rings. The van der Waals surface area contributed by atoms with Crippen LogP contribution in [0.5, 0.6) is 11.5 Å². The lowest BCUT2D eigenvalue weighted by Crippen LogP contribution is -2.31. The molecule has 116 valence electrons. The molecule has 3 N–H and O–H groups in total. The Bertz CT molecular complexity index is 703. The van der Waals surface area contributed by atoms with Crippen LogP contribution in [0.25, 0.3) is 0 Å². The molecule has 0 fully saturated rings. The molecule has 0 amide bonds. The summed E-state index contributed by atoms with van der Waals surface area (Å²) < 4.78 is 10.8. The molecule has 0 unspecified atom stereocenters. The molecule has 0 spiro atoms. The summed E-state index contributed by atoms with van der Waals surface area (Å²) in [5, 5.41) is 4.19. The number of methoxy groups -OCH3 is 2. The van der Waals surface area contributed by atoms with E-state index in [0.717, 1.165) is 41.3 Å². The van der Waals surface area contributed by atoms with Crippen molar-refractivity contribution in [3.05, 3.63) is 52.0 Å². The summed E-state index contributed by atoms with van der Waals surface area (Å²) in [6, 6.07) is 9.63. The molecule has 0 aromatic heterocycles. The minimum Gasteiger partial charge on any atom is -0.493 e. The Morgan fingerprint density at radius 2 is 1.82 bits per heavy atom. The van der Waals surface area contributed by atoms with Gasteiger partial charge in [0.15, 0.2) is 11.5 Å². The second kappa shape index (κ2) is 6.07. The third-order valence-corrected chi connectivity index (χ3v) is 4.29. The number of halogens is 1. The SMILES string of the molecule is COc1cc2c(cc1OC)[C@H](c1cc(Cl)ccc1N)NCC2. The lowest BCUT2D eigenvalue weighted by atomic mass is 9.88. The molecular formula is C17H19ClN2O2. The van der Waals surface area contributed by atoms with Gasteiger partial charge in [-0.05, 0) is 53.4 Å². The minimum atomic E-state index is 0.00209. The Balaban J connectivity index is 2.13. The molecule has 2 aromatic carbocycles. The zero-order valence-corrected chi connectivity index (χ0v) is 13.4. The predicted molar refractivity (Wildman–Crippen MR) is 89.0 cm³/mol. The van der Waals surface area contributed by atoms with Crippen LogP contribution < -0.4 is 20.5 Å². The summed E-state index contributed by atoms with van der Waals surface area (Å²) in [5.74, 6) is 1.47. The first-order valence-electron chi connectivity index (χ1n) is 7.17. The molecule has 3 rings (SSSR count). The second-order valence-corrected chi connectivity index (χ2v) is 5.75. The number of hydrogen-bond donors (Lipinski definition) is 2. The molecular weight excluding hydrogens is 300 g/mol. The Hall–Kier alpha value is -1.91. The quantitative estimate of drug-likeness (QED) is 0.853. The van der Waals surface area contributed by atoms with Gasteiger partial charge in [-0.2, -0.15) is 0 Å². The van der Waals surface area contributed by atoms with Crippen LogP contribution in [-0.2, 0) is 6.42 Å². The Morgan fingerprint density at radius 1 is 1.09 bits per heavy atom. The van der Waals surface area contributed by atoms with Crippen molar-refractivity contribution in [2.45, 2.75) is 12.5 Å². The first-order valence-corrected chi connectivity index (χ1v) is 7.55. The predicted octanol–water partition coefficient (Wildman–Crippen LogP) is 3.17. The normalized spacial score (nSPS) is 17.0. The van der Waals surface area contributed by atoms with Gasteiger partial charge in [-0.15, -0.1) is 0 Å². The largest absolute Gasteiger partial charge is 0.493 e. The van der Waals surface area contributed by atoms with Gasteiger partial charge in [0.05, 0.1) is 20.3 Å². The topological polar surface area (TPSA) is 56.5 Å². The highest BCUT2D eigenvalue weighted by atomic mass is 35.5. The van der Waals surface area contributed by atoms with Gasteiger partial charge in [-0.1, -0.05) is 11.6 Å². The van der Waals surface area contributed by atoms with Gasteiger partial charge < -0.3 is 20.5 Å². The summed E-state index contributed by atoms with van der Waals surface area (Å²) in [7, 11) is 3.29. The first-order chi connectivity index (χ1) is 10.6. The lowest BCUT2D eigenvalue weighted by molar-refractivity contribution is 0.353. The molecule has 0 bridgehead atoms. The summed E-state index contributed by atoms with van der Waals surface area (Å²) in [6.45, 7) is 0.874. The number of anilines is 1. The summed E-state index contributed by atoms with van der Waals surface area (Å²) in [4.78, 5) is 0. The van der Waals surface area contributed by atoms with Crippen LogP contribution >= 0.6 is 11.6 Å². The molecule has 5 heteroatoms. The van der Waals surface area contributed by atoms with Crippen molar-refractivity contribution in [3.8, 4) is 11.5 Å². The zero-order chi connectivity index (χ0) is 15.7. The number of hydrogen-bond acceptors (Lipinski definition) is 4. The zero-order valence-electron chi connectivity index (χ0n) is 12.7. The number of fused-ring (bicyclic) bond motifs is 1. The highest BCUT2D eigenvalue weighted by molar-refractivity contribution is 6.30. The smallest absolute Gasteiger partial charge is 0.161 e. The van der Waals surface area contributed by atoms with Gasteiger partial charge in [0, 0.05) is 17.3 Å². The van der Waals surface area contributed by atoms with Gasteiger partial charge in [0.25, 0.3) is 0 Å². The highest BCUT2D eigenvalue weighted by Gasteiger charge is 2.25. The van der Waals surface area contributed by atoms with E-state index >= 15 is 0 Å². The van der Waals surface area contributed by atoms with Crippen LogP contribution in [0.3, 0.4) is 0 Å². The summed E-state index contributed by atoms with van der Waals surface area (Å²) in [6.07, 6.45) is 0.937. The second-order valence-electron chi connectivity index (χ2n) is 5.32. The minimum absolute atomic E-state index is 0.00209. The number of nitrogen functional groups attached to an aromatic ring is 1. The molecule has 2 aromatic rings. The van der Waals surface area contributed by atoms with Crippen molar-refractivity contribution in [2.75, 3.05) is 26.5 Å². The Labute approximate surface area is 135 Å². The van der Waals surface area contributed by atoms with E-state index in [1.54, 1.807) is 20.3 Å². The maximum atomic E-state index is 6.15. The number of benzene rings is 2. The van der Waals surface area contributed by atoms with Crippen LogP contribution in [0.2, 0.25) is 5.02 Å². The molecule has 0 saturated carbocycles. The van der Waals surface area contributed by atoms with E-state index in [4.69, 9.17) is 26.8 Å². The average molecular weight is 319 g/mol. The van der Waals surface area contributed by atoms with Crippen LogP contribution in [0.1, 0.15) is 22.7 Å². The van der Waals surface area contributed by atoms with E-state index in [0.29, 0.717) is 5.02 Å². The van der Waals surface area contributed by atoms with Crippen molar-refractivity contribution >= 4 is 17.3 Å². The van der Waals surface area contributed by atoms with Crippen molar-refractivity contribution in [3.63, 3.8) is 0 Å². The molecule has 1 aliphatic heterocycles. The monoisotopic (exact) mass is 318 g/mol. The molecule has 4 nitrogen and oxygen atoms in total. The van der Waals surface area contributed by atoms with E-state index in [1.165, 1.54) is 5.56 Å². The Kier molecular flexibility index (Phi) is 4.14. The lowest BCUT2D eigenvalue weighted by Gasteiger charge is -2.29. The van der Waals surface area contributed by atoms with Crippen molar-refractivity contribution in [1.29, 1.82) is 0 Å². The van der Waals surface area contributed by atoms with Crippen LogP contribution in [-0.4, -0.2) is 20.8 Å². The van der Waals surface area contributed by atoms with E-state index in [9.17, 15) is 0 Å². The van der Waals surface area contributed by atoms with Crippen LogP contribution in [0, 0.1) is 0 Å². The molecule has 1 atom stereocenters. The molecule has 0 saturated heterocycles. The van der Waals surface area contributed by atoms with E-state index in [2.05, 4.69) is 5.32 Å². The number of rotatable bonds is 3. The molecule has 1 heterocycles. The third-order valence-electron chi connectivity index (χ3n) is 4.06. The van der Waals surface area contributed by atoms with E-state index in [1.807, 2.05) is 24.3 Å².